The Hall–Kier alpha value is -2.82. The molecule has 1 aliphatic carbocycles. The van der Waals surface area contributed by atoms with Crippen molar-refractivity contribution in [1.29, 1.82) is 0 Å². The molecule has 5 nitrogen and oxygen atoms in total. The van der Waals surface area contributed by atoms with Crippen LogP contribution in [0.1, 0.15) is 19.3 Å². The highest BCUT2D eigenvalue weighted by molar-refractivity contribution is 6.00. The fraction of sp³-hybridized carbons (Fsp3) is 0.222. The minimum atomic E-state index is -0.303. The summed E-state index contributed by atoms with van der Waals surface area (Å²) in [4.78, 5) is 23.8. The molecule has 0 heterocycles. The fourth-order valence-corrected chi connectivity index (χ4v) is 2.37. The van der Waals surface area contributed by atoms with E-state index in [1.54, 1.807) is 24.3 Å². The minimum Gasteiger partial charge on any atom is -0.326 e. The van der Waals surface area contributed by atoms with Crippen molar-refractivity contribution in [3.63, 3.8) is 0 Å². The van der Waals surface area contributed by atoms with E-state index in [-0.39, 0.29) is 17.9 Å². The first-order chi connectivity index (χ1) is 11.2. The monoisotopic (exact) mass is 309 g/mol. The van der Waals surface area contributed by atoms with Gasteiger partial charge in [0.1, 0.15) is 0 Å². The molecule has 118 valence electrons. The highest BCUT2D eigenvalue weighted by Crippen LogP contribution is 2.27. The summed E-state index contributed by atoms with van der Waals surface area (Å²) in [6.07, 6.45) is 3.09. The first-order valence-electron chi connectivity index (χ1n) is 7.75. The summed E-state index contributed by atoms with van der Waals surface area (Å²) in [6.45, 7) is 0. The summed E-state index contributed by atoms with van der Waals surface area (Å²) in [7, 11) is 0. The minimum absolute atomic E-state index is 0.0822. The van der Waals surface area contributed by atoms with Gasteiger partial charge in [0.05, 0.1) is 0 Å². The first kappa shape index (κ1) is 15.1. The van der Waals surface area contributed by atoms with E-state index in [2.05, 4.69) is 16.0 Å². The van der Waals surface area contributed by atoms with Crippen LogP contribution < -0.4 is 16.0 Å². The second kappa shape index (κ2) is 6.96. The lowest BCUT2D eigenvalue weighted by atomic mass is 9.85. The van der Waals surface area contributed by atoms with Gasteiger partial charge in [-0.2, -0.15) is 0 Å². The van der Waals surface area contributed by atoms with Crippen LogP contribution in [-0.2, 0) is 4.79 Å². The molecular weight excluding hydrogens is 290 g/mol. The summed E-state index contributed by atoms with van der Waals surface area (Å²) in [5.41, 5.74) is 2.14. The third kappa shape index (κ3) is 4.10. The van der Waals surface area contributed by atoms with Crippen LogP contribution in [0.2, 0.25) is 0 Å². The number of carbonyl (C=O) groups is 2. The molecule has 0 saturated heterocycles. The summed E-state index contributed by atoms with van der Waals surface area (Å²) >= 11 is 0. The van der Waals surface area contributed by atoms with Gasteiger partial charge < -0.3 is 16.0 Å². The summed E-state index contributed by atoms with van der Waals surface area (Å²) in [5.74, 6) is 0.239. The second-order valence-electron chi connectivity index (χ2n) is 5.64. The Morgan fingerprint density at radius 2 is 1.26 bits per heavy atom. The second-order valence-corrected chi connectivity index (χ2v) is 5.64. The standard InChI is InChI=1S/C18H19N3O2/c22-17(13-5-4-6-13)19-15-9-11-16(12-10-15)21-18(23)20-14-7-2-1-3-8-14/h1-3,7-13H,4-6H2,(H,19,22)(H2,20,21,23). The van der Waals surface area contributed by atoms with Crippen LogP contribution in [0.25, 0.3) is 0 Å². The number of carbonyl (C=O) groups excluding carboxylic acids is 2. The van der Waals surface area contributed by atoms with Gasteiger partial charge in [0.15, 0.2) is 0 Å². The lowest BCUT2D eigenvalue weighted by Crippen LogP contribution is -2.28. The molecule has 5 heteroatoms. The summed E-state index contributed by atoms with van der Waals surface area (Å²) < 4.78 is 0. The normalized spacial score (nSPS) is 13.7. The molecule has 0 spiro atoms. The van der Waals surface area contributed by atoms with Gasteiger partial charge >= 0.3 is 6.03 Å². The summed E-state index contributed by atoms with van der Waals surface area (Å²) in [6, 6.07) is 16.0. The van der Waals surface area contributed by atoms with Gasteiger partial charge in [-0.15, -0.1) is 0 Å². The molecule has 0 bridgehead atoms. The molecule has 2 aromatic rings. The molecular formula is C18H19N3O2. The Kier molecular flexibility index (Phi) is 4.57. The molecule has 1 aliphatic rings. The van der Waals surface area contributed by atoms with Crippen LogP contribution in [-0.4, -0.2) is 11.9 Å². The van der Waals surface area contributed by atoms with Crippen molar-refractivity contribution in [3.8, 4) is 0 Å². The third-order valence-corrected chi connectivity index (χ3v) is 3.92. The van der Waals surface area contributed by atoms with E-state index in [1.165, 1.54) is 0 Å². The Bertz CT molecular complexity index is 679. The van der Waals surface area contributed by atoms with Gasteiger partial charge in [0.25, 0.3) is 0 Å². The van der Waals surface area contributed by atoms with E-state index < -0.39 is 0 Å². The molecule has 0 radical (unpaired) electrons. The zero-order valence-corrected chi connectivity index (χ0v) is 12.7. The van der Waals surface area contributed by atoms with E-state index in [0.29, 0.717) is 5.69 Å². The van der Waals surface area contributed by atoms with Gasteiger partial charge in [-0.1, -0.05) is 24.6 Å². The topological polar surface area (TPSA) is 70.2 Å². The first-order valence-corrected chi connectivity index (χ1v) is 7.75. The van der Waals surface area contributed by atoms with Crippen molar-refractivity contribution < 1.29 is 9.59 Å². The Morgan fingerprint density at radius 1 is 0.739 bits per heavy atom. The lowest BCUT2D eigenvalue weighted by Gasteiger charge is -2.24. The van der Waals surface area contributed by atoms with E-state index in [4.69, 9.17) is 0 Å². The number of amides is 3. The molecule has 0 aliphatic heterocycles. The predicted octanol–water partition coefficient (Wildman–Crippen LogP) is 4.07. The van der Waals surface area contributed by atoms with E-state index >= 15 is 0 Å². The maximum atomic E-state index is 11.9. The number of hydrogen-bond donors (Lipinski definition) is 3. The molecule has 0 aromatic heterocycles. The van der Waals surface area contributed by atoms with Crippen molar-refractivity contribution in [3.05, 3.63) is 54.6 Å². The smallest absolute Gasteiger partial charge is 0.323 e. The number of nitrogens with one attached hydrogen (secondary N) is 3. The molecule has 1 saturated carbocycles. The van der Waals surface area contributed by atoms with Crippen LogP contribution in [0.3, 0.4) is 0 Å². The number of urea groups is 1. The van der Waals surface area contributed by atoms with Crippen LogP contribution in [0.5, 0.6) is 0 Å². The van der Waals surface area contributed by atoms with E-state index in [9.17, 15) is 9.59 Å². The molecule has 3 rings (SSSR count). The largest absolute Gasteiger partial charge is 0.326 e. The number of hydrogen-bond acceptors (Lipinski definition) is 2. The highest BCUT2D eigenvalue weighted by atomic mass is 16.2. The summed E-state index contributed by atoms with van der Waals surface area (Å²) in [5, 5.41) is 8.40. The van der Waals surface area contributed by atoms with Gasteiger partial charge in [-0.25, -0.2) is 4.79 Å². The van der Waals surface area contributed by atoms with Gasteiger partial charge in [0, 0.05) is 23.0 Å². The maximum absolute atomic E-state index is 11.9. The Balaban J connectivity index is 1.52. The molecule has 1 fully saturated rings. The Labute approximate surface area is 135 Å². The quantitative estimate of drug-likeness (QED) is 0.796. The maximum Gasteiger partial charge on any atom is 0.323 e. The molecule has 3 N–H and O–H groups in total. The predicted molar refractivity (Wildman–Crippen MR) is 91.5 cm³/mol. The van der Waals surface area contributed by atoms with Crippen molar-refractivity contribution in [1.82, 2.24) is 0 Å². The average Bonchev–Trinajstić information content (AvgIpc) is 2.48. The highest BCUT2D eigenvalue weighted by Gasteiger charge is 2.24. The zero-order valence-electron chi connectivity index (χ0n) is 12.7. The SMILES string of the molecule is O=C(Nc1ccccc1)Nc1ccc(NC(=O)C2CCC2)cc1. The van der Waals surface area contributed by atoms with Gasteiger partial charge in [-0.3, -0.25) is 4.79 Å². The van der Waals surface area contributed by atoms with E-state index in [0.717, 1.165) is 30.6 Å². The van der Waals surface area contributed by atoms with Crippen molar-refractivity contribution >= 4 is 29.0 Å². The molecule has 3 amide bonds. The van der Waals surface area contributed by atoms with Gasteiger partial charge in [0.2, 0.25) is 5.91 Å². The average molecular weight is 309 g/mol. The van der Waals surface area contributed by atoms with Gasteiger partial charge in [-0.05, 0) is 49.2 Å². The van der Waals surface area contributed by atoms with Crippen molar-refractivity contribution in [2.24, 2.45) is 5.92 Å². The fourth-order valence-electron chi connectivity index (χ4n) is 2.37. The molecule has 0 unspecified atom stereocenters. The van der Waals surface area contributed by atoms with Crippen LogP contribution in [0.4, 0.5) is 21.9 Å². The number of anilines is 3. The van der Waals surface area contributed by atoms with Crippen LogP contribution in [0, 0.1) is 5.92 Å². The van der Waals surface area contributed by atoms with Crippen molar-refractivity contribution in [2.75, 3.05) is 16.0 Å². The molecule has 0 atom stereocenters. The number of benzene rings is 2. The number of rotatable bonds is 4. The van der Waals surface area contributed by atoms with Crippen molar-refractivity contribution in [2.45, 2.75) is 19.3 Å². The third-order valence-electron chi connectivity index (χ3n) is 3.92. The molecule has 23 heavy (non-hydrogen) atoms. The zero-order chi connectivity index (χ0) is 16.1. The van der Waals surface area contributed by atoms with E-state index in [1.807, 2.05) is 30.3 Å². The number of para-hydroxylation sites is 1. The van der Waals surface area contributed by atoms with Crippen LogP contribution in [0.15, 0.2) is 54.6 Å². The molecule has 2 aromatic carbocycles. The Morgan fingerprint density at radius 3 is 1.78 bits per heavy atom. The van der Waals surface area contributed by atoms with Crippen LogP contribution >= 0.6 is 0 Å². The lowest BCUT2D eigenvalue weighted by molar-refractivity contribution is -0.122.